The van der Waals surface area contributed by atoms with E-state index in [9.17, 15) is 4.39 Å². The maximum atomic E-state index is 14.0. The summed E-state index contributed by atoms with van der Waals surface area (Å²) in [4.78, 5) is 14.7. The molecule has 1 unspecified atom stereocenters. The van der Waals surface area contributed by atoms with Crippen LogP contribution in [0.5, 0.6) is 0 Å². The molecule has 3 aliphatic heterocycles. The summed E-state index contributed by atoms with van der Waals surface area (Å²) in [6.07, 6.45) is 5.05. The molecule has 31 heavy (non-hydrogen) atoms. The van der Waals surface area contributed by atoms with Crippen LogP contribution in [0.3, 0.4) is 0 Å². The molecular weight excluding hydrogens is 391 g/mol. The third-order valence-electron chi connectivity index (χ3n) is 6.91. The van der Waals surface area contributed by atoms with Gasteiger partial charge in [-0.15, -0.1) is 0 Å². The van der Waals surface area contributed by atoms with E-state index in [4.69, 9.17) is 4.99 Å². The van der Waals surface area contributed by atoms with Gasteiger partial charge in [0.25, 0.3) is 0 Å². The lowest BCUT2D eigenvalue weighted by atomic mass is 10.2. The second kappa shape index (κ2) is 11.1. The van der Waals surface area contributed by atoms with Gasteiger partial charge in [0.1, 0.15) is 5.82 Å². The van der Waals surface area contributed by atoms with Gasteiger partial charge in [-0.2, -0.15) is 0 Å². The number of para-hydroxylation sites is 1. The van der Waals surface area contributed by atoms with Gasteiger partial charge >= 0.3 is 0 Å². The first-order valence-electron chi connectivity index (χ1n) is 12.2. The van der Waals surface area contributed by atoms with E-state index in [2.05, 4.69) is 31.8 Å². The number of piperazine rings is 1. The molecule has 0 bridgehead atoms. The summed E-state index contributed by atoms with van der Waals surface area (Å²) >= 11 is 0. The molecule has 172 valence electrons. The number of nitrogens with one attached hydrogen (secondary N) is 1. The average Bonchev–Trinajstić information content (AvgIpc) is 3.49. The minimum atomic E-state index is -0.116. The summed E-state index contributed by atoms with van der Waals surface area (Å²) in [5.74, 6) is 0.976. The number of benzene rings is 1. The van der Waals surface area contributed by atoms with Crippen LogP contribution >= 0.6 is 0 Å². The maximum absolute atomic E-state index is 14.0. The molecule has 3 saturated heterocycles. The monoisotopic (exact) mass is 430 g/mol. The van der Waals surface area contributed by atoms with E-state index < -0.39 is 0 Å². The van der Waals surface area contributed by atoms with Crippen molar-refractivity contribution in [2.75, 3.05) is 76.9 Å². The number of nitrogens with zero attached hydrogens (tertiary/aromatic N) is 5. The average molecular weight is 431 g/mol. The molecular formula is C24H39FN6. The van der Waals surface area contributed by atoms with Crippen molar-refractivity contribution < 1.29 is 4.39 Å². The standard InChI is InChI=1S/C24H39FN6/c1-2-26-24(31-15-10-21(20-31)29-13-5-6-14-29)27-11-7-12-28-16-18-30(19-17-28)23-9-4-3-8-22(23)25/h3-4,8-9,21H,2,5-7,10-20H2,1H3,(H,26,27). The highest BCUT2D eigenvalue weighted by Crippen LogP contribution is 2.21. The fourth-order valence-electron chi connectivity index (χ4n) is 5.16. The second-order valence-electron chi connectivity index (χ2n) is 9.00. The van der Waals surface area contributed by atoms with Gasteiger partial charge in [0, 0.05) is 64.9 Å². The van der Waals surface area contributed by atoms with E-state index in [0.29, 0.717) is 6.04 Å². The number of hydrogen-bond donors (Lipinski definition) is 1. The predicted molar refractivity (Wildman–Crippen MR) is 126 cm³/mol. The molecule has 1 atom stereocenters. The lowest BCUT2D eigenvalue weighted by Crippen LogP contribution is -2.47. The minimum Gasteiger partial charge on any atom is -0.367 e. The Morgan fingerprint density at radius 1 is 1.06 bits per heavy atom. The number of anilines is 1. The molecule has 0 spiro atoms. The Labute approximate surface area is 187 Å². The minimum absolute atomic E-state index is 0.116. The van der Waals surface area contributed by atoms with Crippen molar-refractivity contribution in [1.82, 2.24) is 20.0 Å². The number of rotatable bonds is 7. The highest BCUT2D eigenvalue weighted by molar-refractivity contribution is 5.80. The Balaban J connectivity index is 1.19. The van der Waals surface area contributed by atoms with Crippen molar-refractivity contribution in [3.05, 3.63) is 30.1 Å². The fourth-order valence-corrected chi connectivity index (χ4v) is 5.16. The largest absolute Gasteiger partial charge is 0.367 e. The molecule has 1 aromatic carbocycles. The van der Waals surface area contributed by atoms with Crippen molar-refractivity contribution >= 4 is 11.6 Å². The molecule has 6 nitrogen and oxygen atoms in total. The third kappa shape index (κ3) is 5.89. The van der Waals surface area contributed by atoms with Crippen LogP contribution in [0.4, 0.5) is 10.1 Å². The van der Waals surface area contributed by atoms with Gasteiger partial charge in [0.15, 0.2) is 5.96 Å². The van der Waals surface area contributed by atoms with Crippen LogP contribution in [0.25, 0.3) is 0 Å². The van der Waals surface area contributed by atoms with E-state index in [1.807, 2.05) is 12.1 Å². The molecule has 3 heterocycles. The second-order valence-corrected chi connectivity index (χ2v) is 9.00. The highest BCUT2D eigenvalue weighted by Gasteiger charge is 2.30. The van der Waals surface area contributed by atoms with Crippen LogP contribution in [-0.4, -0.2) is 98.7 Å². The Morgan fingerprint density at radius 3 is 2.58 bits per heavy atom. The van der Waals surface area contributed by atoms with Crippen molar-refractivity contribution in [1.29, 1.82) is 0 Å². The van der Waals surface area contributed by atoms with E-state index in [1.165, 1.54) is 32.4 Å². The Kier molecular flexibility index (Phi) is 8.03. The van der Waals surface area contributed by atoms with E-state index in [0.717, 1.165) is 77.0 Å². The summed E-state index contributed by atoms with van der Waals surface area (Å²) < 4.78 is 14.0. The van der Waals surface area contributed by atoms with Crippen LogP contribution < -0.4 is 10.2 Å². The smallest absolute Gasteiger partial charge is 0.193 e. The lowest BCUT2D eigenvalue weighted by molar-refractivity contribution is 0.249. The summed E-state index contributed by atoms with van der Waals surface area (Å²) in [7, 11) is 0. The molecule has 3 aliphatic rings. The molecule has 0 aliphatic carbocycles. The SMILES string of the molecule is CCNC(=NCCCN1CCN(c2ccccc2F)CC1)N1CCC(N2CCCC2)C1. The van der Waals surface area contributed by atoms with Crippen LogP contribution in [0.2, 0.25) is 0 Å². The molecule has 4 rings (SSSR count). The van der Waals surface area contributed by atoms with Crippen molar-refractivity contribution in [3.63, 3.8) is 0 Å². The highest BCUT2D eigenvalue weighted by atomic mass is 19.1. The lowest BCUT2D eigenvalue weighted by Gasteiger charge is -2.36. The van der Waals surface area contributed by atoms with Gasteiger partial charge in [-0.3, -0.25) is 14.8 Å². The van der Waals surface area contributed by atoms with Crippen molar-refractivity contribution in [2.24, 2.45) is 4.99 Å². The van der Waals surface area contributed by atoms with Gasteiger partial charge in [-0.1, -0.05) is 12.1 Å². The summed E-state index contributed by atoms with van der Waals surface area (Å²) in [6, 6.07) is 7.81. The van der Waals surface area contributed by atoms with E-state index in [-0.39, 0.29) is 5.82 Å². The molecule has 0 amide bonds. The van der Waals surface area contributed by atoms with Crippen LogP contribution in [0.1, 0.15) is 32.6 Å². The van der Waals surface area contributed by atoms with Gasteiger partial charge < -0.3 is 15.1 Å². The Bertz CT molecular complexity index is 712. The quantitative estimate of drug-likeness (QED) is 0.409. The summed E-state index contributed by atoms with van der Waals surface area (Å²) in [6.45, 7) is 13.5. The van der Waals surface area contributed by atoms with Gasteiger partial charge in [0.05, 0.1) is 5.69 Å². The summed E-state index contributed by atoms with van der Waals surface area (Å²) in [5, 5.41) is 3.51. The summed E-state index contributed by atoms with van der Waals surface area (Å²) in [5.41, 5.74) is 0.736. The number of aliphatic imine (C=N–C) groups is 1. The van der Waals surface area contributed by atoms with E-state index in [1.54, 1.807) is 12.1 Å². The molecule has 3 fully saturated rings. The molecule has 0 aromatic heterocycles. The number of hydrogen-bond acceptors (Lipinski definition) is 4. The van der Waals surface area contributed by atoms with Crippen LogP contribution in [0.15, 0.2) is 29.3 Å². The molecule has 7 heteroatoms. The van der Waals surface area contributed by atoms with Gasteiger partial charge in [-0.25, -0.2) is 4.39 Å². The topological polar surface area (TPSA) is 37.4 Å². The molecule has 1 aromatic rings. The van der Waals surface area contributed by atoms with Gasteiger partial charge in [0.2, 0.25) is 0 Å². The first-order chi connectivity index (χ1) is 15.2. The number of halogens is 1. The number of likely N-dealkylation sites (tertiary alicyclic amines) is 2. The first-order valence-corrected chi connectivity index (χ1v) is 12.2. The zero-order chi connectivity index (χ0) is 21.5. The number of guanidine groups is 1. The Hall–Kier alpha value is -1.86. The van der Waals surface area contributed by atoms with Gasteiger partial charge in [-0.05, 0) is 57.8 Å². The fraction of sp³-hybridized carbons (Fsp3) is 0.708. The first kappa shape index (κ1) is 22.3. The van der Waals surface area contributed by atoms with Crippen molar-refractivity contribution in [3.8, 4) is 0 Å². The predicted octanol–water partition coefficient (Wildman–Crippen LogP) is 2.47. The zero-order valence-corrected chi connectivity index (χ0v) is 19.1. The third-order valence-corrected chi connectivity index (χ3v) is 6.91. The van der Waals surface area contributed by atoms with Crippen LogP contribution in [0, 0.1) is 5.82 Å². The zero-order valence-electron chi connectivity index (χ0n) is 19.1. The molecule has 0 radical (unpaired) electrons. The van der Waals surface area contributed by atoms with Crippen molar-refractivity contribution in [2.45, 2.75) is 38.6 Å². The normalized spacial score (nSPS) is 23.7. The Morgan fingerprint density at radius 2 is 1.84 bits per heavy atom. The molecule has 0 saturated carbocycles. The molecule has 1 N–H and O–H groups in total. The van der Waals surface area contributed by atoms with E-state index >= 15 is 0 Å². The van der Waals surface area contributed by atoms with Crippen LogP contribution in [-0.2, 0) is 0 Å². The maximum Gasteiger partial charge on any atom is 0.193 e.